The molecule has 0 atom stereocenters. The van der Waals surface area contributed by atoms with Crippen LogP contribution in [0.15, 0.2) is 42.0 Å². The third-order valence-corrected chi connectivity index (χ3v) is 8.41. The SMILES string of the molecule is Cc1ccc(F)c(NCOCCC2CCC(CCN3CCCC4=C3c3cc(C)ccc3NC4)CC2)c1. The molecule has 0 spiro atoms. The number of benzene rings is 2. The molecule has 1 aliphatic carbocycles. The van der Waals surface area contributed by atoms with E-state index in [4.69, 9.17) is 4.74 Å². The van der Waals surface area contributed by atoms with E-state index in [1.807, 2.05) is 13.0 Å². The lowest BCUT2D eigenvalue weighted by Gasteiger charge is -2.39. The van der Waals surface area contributed by atoms with Crippen molar-refractivity contribution in [2.24, 2.45) is 11.8 Å². The second-order valence-corrected chi connectivity index (χ2v) is 11.1. The average Bonchev–Trinajstić information content (AvgIpc) is 2.89. The lowest BCUT2D eigenvalue weighted by Crippen LogP contribution is -2.34. The lowest BCUT2D eigenvalue weighted by atomic mass is 9.79. The van der Waals surface area contributed by atoms with Gasteiger partial charge in [0, 0.05) is 43.2 Å². The number of hydrogen-bond donors (Lipinski definition) is 2. The summed E-state index contributed by atoms with van der Waals surface area (Å²) in [6, 6.07) is 12.0. The first-order valence-corrected chi connectivity index (χ1v) is 14.0. The van der Waals surface area contributed by atoms with Crippen LogP contribution in [0.1, 0.15) is 68.1 Å². The number of hydrogen-bond acceptors (Lipinski definition) is 4. The molecule has 2 aliphatic heterocycles. The van der Waals surface area contributed by atoms with Gasteiger partial charge in [-0.3, -0.25) is 0 Å². The Labute approximate surface area is 216 Å². The lowest BCUT2D eigenvalue weighted by molar-refractivity contribution is 0.122. The minimum atomic E-state index is -0.223. The van der Waals surface area contributed by atoms with Gasteiger partial charge in [0.15, 0.2) is 0 Å². The smallest absolute Gasteiger partial charge is 0.146 e. The highest BCUT2D eigenvalue weighted by atomic mass is 19.1. The molecular formula is C31H42FN3O. The molecule has 1 fully saturated rings. The van der Waals surface area contributed by atoms with Gasteiger partial charge in [-0.2, -0.15) is 0 Å². The number of nitrogens with one attached hydrogen (secondary N) is 2. The Morgan fingerprint density at radius 1 is 1.00 bits per heavy atom. The Hall–Kier alpha value is -2.53. The van der Waals surface area contributed by atoms with E-state index in [1.165, 1.54) is 86.6 Å². The molecule has 5 heteroatoms. The van der Waals surface area contributed by atoms with Gasteiger partial charge >= 0.3 is 0 Å². The molecule has 4 nitrogen and oxygen atoms in total. The van der Waals surface area contributed by atoms with Gasteiger partial charge in [-0.1, -0.05) is 43.4 Å². The Balaban J connectivity index is 1.03. The first-order valence-electron chi connectivity index (χ1n) is 14.0. The van der Waals surface area contributed by atoms with Crippen LogP contribution in [0, 0.1) is 31.5 Å². The van der Waals surface area contributed by atoms with Crippen LogP contribution < -0.4 is 10.6 Å². The molecule has 2 N–H and O–H groups in total. The van der Waals surface area contributed by atoms with E-state index < -0.39 is 0 Å². The third kappa shape index (κ3) is 6.05. The number of anilines is 2. The zero-order chi connectivity index (χ0) is 24.9. The van der Waals surface area contributed by atoms with Crippen LogP contribution in [-0.2, 0) is 4.74 Å². The fraction of sp³-hybridized carbons (Fsp3) is 0.548. The van der Waals surface area contributed by atoms with Gasteiger partial charge in [0.2, 0.25) is 0 Å². The molecule has 1 saturated carbocycles. The van der Waals surface area contributed by atoms with Gasteiger partial charge in [0.05, 0.1) is 5.69 Å². The van der Waals surface area contributed by atoms with Crippen LogP contribution >= 0.6 is 0 Å². The highest BCUT2D eigenvalue weighted by molar-refractivity contribution is 5.81. The monoisotopic (exact) mass is 491 g/mol. The molecule has 0 saturated heterocycles. The maximum absolute atomic E-state index is 13.8. The van der Waals surface area contributed by atoms with Crippen LogP contribution in [-0.4, -0.2) is 37.9 Å². The van der Waals surface area contributed by atoms with Crippen LogP contribution in [0.3, 0.4) is 0 Å². The van der Waals surface area contributed by atoms with Crippen molar-refractivity contribution in [1.82, 2.24) is 4.90 Å². The second kappa shape index (κ2) is 11.7. The Bertz CT molecular complexity index is 1070. The van der Waals surface area contributed by atoms with Crippen molar-refractivity contribution in [2.75, 3.05) is 43.6 Å². The van der Waals surface area contributed by atoms with Crippen LogP contribution in [0.4, 0.5) is 15.8 Å². The topological polar surface area (TPSA) is 36.5 Å². The maximum atomic E-state index is 13.8. The molecule has 36 heavy (non-hydrogen) atoms. The van der Waals surface area contributed by atoms with E-state index in [0.717, 1.165) is 37.0 Å². The van der Waals surface area contributed by atoms with E-state index in [-0.39, 0.29) is 5.82 Å². The zero-order valence-electron chi connectivity index (χ0n) is 22.0. The second-order valence-electron chi connectivity index (χ2n) is 11.1. The number of nitrogens with zero attached hydrogens (tertiary/aromatic N) is 1. The molecule has 2 aromatic carbocycles. The Kier molecular flexibility index (Phi) is 8.15. The summed E-state index contributed by atoms with van der Waals surface area (Å²) in [5.41, 5.74) is 8.76. The van der Waals surface area contributed by atoms with Crippen LogP contribution in [0.25, 0.3) is 5.70 Å². The van der Waals surface area contributed by atoms with Crippen LogP contribution in [0.5, 0.6) is 0 Å². The summed E-state index contributed by atoms with van der Waals surface area (Å²) in [5.74, 6) is 1.39. The van der Waals surface area contributed by atoms with Crippen LogP contribution in [0.2, 0.25) is 0 Å². The Morgan fingerprint density at radius 3 is 2.58 bits per heavy atom. The van der Waals surface area contributed by atoms with E-state index >= 15 is 0 Å². The van der Waals surface area contributed by atoms with E-state index in [2.05, 4.69) is 40.7 Å². The highest BCUT2D eigenvalue weighted by Gasteiger charge is 2.28. The summed E-state index contributed by atoms with van der Waals surface area (Å²) in [4.78, 5) is 2.70. The van der Waals surface area contributed by atoms with Crippen molar-refractivity contribution in [1.29, 1.82) is 0 Å². The molecule has 0 aromatic heterocycles. The standard InChI is InChI=1S/C31H42FN3O/c1-22-6-12-29-27(18-22)31-26(20-33-29)4-3-15-35(31)16-13-24-7-9-25(10-8-24)14-17-36-21-34-30-19-23(2)5-11-28(30)32/h5-6,11-12,18-19,24-25,33-34H,3-4,7-10,13-17,20-21H2,1-2H3. The summed E-state index contributed by atoms with van der Waals surface area (Å²) in [5, 5.41) is 6.71. The molecule has 3 aliphatic rings. The zero-order valence-corrected chi connectivity index (χ0v) is 22.0. The van der Waals surface area contributed by atoms with Crippen molar-refractivity contribution < 1.29 is 9.13 Å². The molecule has 0 amide bonds. The summed E-state index contributed by atoms with van der Waals surface area (Å²) >= 11 is 0. The molecular weight excluding hydrogens is 449 g/mol. The summed E-state index contributed by atoms with van der Waals surface area (Å²) < 4.78 is 19.6. The van der Waals surface area contributed by atoms with E-state index in [0.29, 0.717) is 12.4 Å². The average molecular weight is 492 g/mol. The van der Waals surface area contributed by atoms with Crippen molar-refractivity contribution in [3.63, 3.8) is 0 Å². The fourth-order valence-corrected chi connectivity index (χ4v) is 6.28. The van der Waals surface area contributed by atoms with Gasteiger partial charge in [0.25, 0.3) is 0 Å². The predicted molar refractivity (Wildman–Crippen MR) is 148 cm³/mol. The predicted octanol–water partition coefficient (Wildman–Crippen LogP) is 7.35. The summed E-state index contributed by atoms with van der Waals surface area (Å²) in [6.45, 7) is 8.66. The van der Waals surface area contributed by atoms with Crippen molar-refractivity contribution in [3.05, 3.63) is 64.5 Å². The summed E-state index contributed by atoms with van der Waals surface area (Å²) in [7, 11) is 0. The fourth-order valence-electron chi connectivity index (χ4n) is 6.28. The quantitative estimate of drug-likeness (QED) is 0.284. The van der Waals surface area contributed by atoms with Gasteiger partial charge in [0.1, 0.15) is 12.5 Å². The van der Waals surface area contributed by atoms with Crippen molar-refractivity contribution >= 4 is 17.1 Å². The van der Waals surface area contributed by atoms with Gasteiger partial charge in [-0.05, 0) is 86.8 Å². The number of fused-ring (bicyclic) bond motifs is 2. The molecule has 0 unspecified atom stereocenters. The largest absolute Gasteiger partial charge is 0.381 e. The van der Waals surface area contributed by atoms with E-state index in [9.17, 15) is 4.39 Å². The number of rotatable bonds is 9. The number of halogens is 1. The highest BCUT2D eigenvalue weighted by Crippen LogP contribution is 2.39. The van der Waals surface area contributed by atoms with Gasteiger partial charge in [-0.15, -0.1) is 0 Å². The van der Waals surface area contributed by atoms with Crippen molar-refractivity contribution in [2.45, 2.75) is 65.2 Å². The normalized spacial score (nSPS) is 21.6. The molecule has 194 valence electrons. The number of ether oxygens (including phenoxy) is 1. The molecule has 0 radical (unpaired) electrons. The molecule has 0 bridgehead atoms. The third-order valence-electron chi connectivity index (χ3n) is 8.41. The van der Waals surface area contributed by atoms with Gasteiger partial charge < -0.3 is 20.3 Å². The number of aryl methyl sites for hydroxylation is 2. The Morgan fingerprint density at radius 2 is 1.75 bits per heavy atom. The first kappa shape index (κ1) is 25.1. The summed E-state index contributed by atoms with van der Waals surface area (Å²) in [6.07, 6.45) is 10.2. The molecule has 2 heterocycles. The maximum Gasteiger partial charge on any atom is 0.146 e. The van der Waals surface area contributed by atoms with E-state index in [1.54, 1.807) is 11.6 Å². The molecule has 5 rings (SSSR count). The first-order chi connectivity index (χ1) is 17.6. The minimum Gasteiger partial charge on any atom is -0.381 e. The van der Waals surface area contributed by atoms with Gasteiger partial charge in [-0.25, -0.2) is 4.39 Å². The van der Waals surface area contributed by atoms with Crippen molar-refractivity contribution in [3.8, 4) is 0 Å². The minimum absolute atomic E-state index is 0.223. The molecule has 2 aromatic rings.